The third kappa shape index (κ3) is 4.25. The first-order chi connectivity index (χ1) is 27.5. The third-order valence-electron chi connectivity index (χ3n) is 8.48. The van der Waals surface area contributed by atoms with Crippen molar-refractivity contribution >= 4 is 64.2 Å². The van der Waals surface area contributed by atoms with Crippen molar-refractivity contribution in [3.63, 3.8) is 0 Å². The summed E-state index contributed by atoms with van der Waals surface area (Å²) in [4.78, 5) is 14.6. The van der Waals surface area contributed by atoms with E-state index in [9.17, 15) is 2.74 Å². The molecule has 0 fully saturated rings. The lowest BCUT2D eigenvalue weighted by Crippen LogP contribution is -2.00. The maximum Gasteiger partial charge on any atom is 0.164 e. The van der Waals surface area contributed by atoms with E-state index in [1.54, 1.807) is 0 Å². The molecule has 224 valence electrons. The van der Waals surface area contributed by atoms with Gasteiger partial charge in [-0.2, -0.15) is 0 Å². The first-order valence-corrected chi connectivity index (χ1v) is 16.0. The van der Waals surface area contributed by atoms with Gasteiger partial charge in [-0.1, -0.05) is 127 Å². The minimum absolute atomic E-state index is 0.000823. The molecule has 0 aliphatic carbocycles. The monoisotopic (exact) mass is 640 g/mol. The first kappa shape index (κ1) is 19.5. The van der Waals surface area contributed by atoms with Crippen LogP contribution >= 0.6 is 11.3 Å². The Morgan fingerprint density at radius 1 is 0.500 bits per heavy atom. The number of furan rings is 1. The fourth-order valence-corrected chi connectivity index (χ4v) is 7.41. The van der Waals surface area contributed by atoms with Gasteiger partial charge >= 0.3 is 0 Å². The molecular weight excluding hydrogens is 607 g/mol. The zero-order valence-corrected chi connectivity index (χ0v) is 25.7. The van der Waals surface area contributed by atoms with Crippen LogP contribution in [-0.2, 0) is 0 Å². The van der Waals surface area contributed by atoms with Gasteiger partial charge in [-0.25, -0.2) is 15.0 Å². The summed E-state index contributed by atoms with van der Waals surface area (Å²) in [6.45, 7) is 0. The van der Waals surface area contributed by atoms with Crippen molar-refractivity contribution in [2.75, 3.05) is 0 Å². The van der Waals surface area contributed by atoms with Gasteiger partial charge in [0.15, 0.2) is 17.5 Å². The van der Waals surface area contributed by atoms with Crippen LogP contribution in [0.15, 0.2) is 156 Å². The molecule has 0 aliphatic heterocycles. The summed E-state index contributed by atoms with van der Waals surface area (Å²) in [5.41, 5.74) is 4.68. The summed E-state index contributed by atoms with van der Waals surface area (Å²) in [6.07, 6.45) is 0. The van der Waals surface area contributed by atoms with Crippen LogP contribution in [0.4, 0.5) is 0 Å². The summed E-state index contributed by atoms with van der Waals surface area (Å²) in [6, 6.07) is 27.3. The molecule has 0 saturated heterocycles. The average Bonchev–Trinajstić information content (AvgIpc) is 3.82. The van der Waals surface area contributed by atoms with Gasteiger partial charge in [-0.15, -0.1) is 11.3 Å². The Bertz CT molecular complexity index is 3350. The van der Waals surface area contributed by atoms with E-state index in [1.807, 2.05) is 78.9 Å². The van der Waals surface area contributed by atoms with Crippen LogP contribution in [0.1, 0.15) is 12.3 Å². The zero-order valence-electron chi connectivity index (χ0n) is 33.9. The lowest BCUT2D eigenvalue weighted by atomic mass is 9.99. The van der Waals surface area contributed by atoms with Crippen molar-refractivity contribution in [2.24, 2.45) is 0 Å². The average molecular weight is 641 g/mol. The van der Waals surface area contributed by atoms with Crippen molar-refractivity contribution in [1.29, 1.82) is 0 Å². The third-order valence-corrected chi connectivity index (χ3v) is 9.60. The molecule has 0 saturated carbocycles. The lowest BCUT2D eigenvalue weighted by molar-refractivity contribution is 0.669. The van der Waals surface area contributed by atoms with E-state index in [0.717, 1.165) is 33.2 Å². The number of aromatic nitrogens is 3. The summed E-state index contributed by atoms with van der Waals surface area (Å²) >= 11 is 0.988. The van der Waals surface area contributed by atoms with Crippen molar-refractivity contribution in [1.82, 2.24) is 15.0 Å². The van der Waals surface area contributed by atoms with E-state index >= 15 is 0 Å². The molecule has 48 heavy (non-hydrogen) atoms. The van der Waals surface area contributed by atoms with Gasteiger partial charge in [0, 0.05) is 47.6 Å². The molecule has 0 spiro atoms. The predicted molar refractivity (Wildman–Crippen MR) is 199 cm³/mol. The second kappa shape index (κ2) is 10.7. The molecule has 0 aliphatic rings. The number of rotatable bonds is 4. The van der Waals surface area contributed by atoms with E-state index in [-0.39, 0.29) is 78.2 Å². The molecule has 7 aromatic carbocycles. The van der Waals surface area contributed by atoms with Crippen LogP contribution < -0.4 is 0 Å². The maximum absolute atomic E-state index is 9.26. The Balaban J connectivity index is 1.27. The second-order valence-electron chi connectivity index (χ2n) is 11.3. The van der Waals surface area contributed by atoms with Crippen LogP contribution in [0.3, 0.4) is 0 Å². The Kier molecular flexibility index (Phi) is 4.34. The Hall–Kier alpha value is -6.17. The minimum Gasteiger partial charge on any atom is -0.456 e. The molecule has 4 nitrogen and oxygen atoms in total. The molecule has 10 rings (SSSR count). The maximum atomic E-state index is 9.26. The van der Waals surface area contributed by atoms with Crippen molar-refractivity contribution in [3.05, 3.63) is 151 Å². The molecule has 3 aromatic heterocycles. The summed E-state index contributed by atoms with van der Waals surface area (Å²) in [5.74, 6) is 0.510. The minimum atomic E-state index is -0.520. The van der Waals surface area contributed by atoms with E-state index < -0.39 is 30.2 Å². The SMILES string of the molecule is [2H]c1c([2H])c(-c2nc(-c3ccccc3)nc(-c3ccc4c(c3)oc3cccc(-c5ccccc5)c34)n2)c2c(sc3c4c([2H])c([2H])c([2H])c([2H])c4c([2H])c([2H])c32)c1[2H]. The summed E-state index contributed by atoms with van der Waals surface area (Å²) in [5, 5.41) is 2.10. The van der Waals surface area contributed by atoms with Gasteiger partial charge in [-0.05, 0) is 46.1 Å². The van der Waals surface area contributed by atoms with Gasteiger partial charge in [0.25, 0.3) is 0 Å². The van der Waals surface area contributed by atoms with Gasteiger partial charge in [0.1, 0.15) is 11.2 Å². The molecular formula is C43H25N3OS. The highest BCUT2D eigenvalue weighted by Crippen LogP contribution is 2.43. The fraction of sp³-hybridized carbons (Fsp3) is 0. The predicted octanol–water partition coefficient (Wildman–Crippen LogP) is 12.0. The Labute approximate surface area is 292 Å². The molecule has 5 heteroatoms. The lowest BCUT2D eigenvalue weighted by Gasteiger charge is -2.10. The van der Waals surface area contributed by atoms with E-state index in [1.165, 1.54) is 0 Å². The standard InChI is InChI=1S/C43H25N3OS/c1-3-11-26(12-4-1)30-17-9-19-35-38(30)32-23-22-29(25-36(32)47-35)42-44-41(28-14-5-2-6-15-28)45-43(46-42)34-18-10-20-37-39(34)33-24-21-27-13-7-8-16-31(27)40(33)48-37/h1-25H/i7D,8D,10D,13D,16D,18D,20D,21D,24D. The van der Waals surface area contributed by atoms with Crippen LogP contribution in [0.25, 0.3) is 98.2 Å². The molecule has 0 radical (unpaired) electrons. The van der Waals surface area contributed by atoms with Crippen LogP contribution in [-0.4, -0.2) is 15.0 Å². The van der Waals surface area contributed by atoms with Crippen molar-refractivity contribution < 1.29 is 16.8 Å². The van der Waals surface area contributed by atoms with Gasteiger partial charge in [0.2, 0.25) is 0 Å². The Morgan fingerprint density at radius 2 is 1.27 bits per heavy atom. The van der Waals surface area contributed by atoms with Crippen LogP contribution in [0.5, 0.6) is 0 Å². The smallest absolute Gasteiger partial charge is 0.164 e. The Morgan fingerprint density at radius 3 is 2.12 bits per heavy atom. The molecule has 3 heterocycles. The number of benzene rings is 7. The van der Waals surface area contributed by atoms with E-state index in [2.05, 4.69) is 18.2 Å². The molecule has 0 N–H and O–H groups in total. The highest BCUT2D eigenvalue weighted by atomic mass is 32.1. The second-order valence-corrected chi connectivity index (χ2v) is 12.3. The first-order valence-electron chi connectivity index (χ1n) is 19.7. The largest absolute Gasteiger partial charge is 0.456 e. The van der Waals surface area contributed by atoms with E-state index in [4.69, 9.17) is 29.0 Å². The number of thiophene rings is 1. The van der Waals surface area contributed by atoms with Gasteiger partial charge in [-0.3, -0.25) is 0 Å². The van der Waals surface area contributed by atoms with Crippen LogP contribution in [0, 0.1) is 0 Å². The molecule has 0 bridgehead atoms. The number of fused-ring (bicyclic) bond motifs is 8. The highest BCUT2D eigenvalue weighted by molar-refractivity contribution is 7.26. The number of hydrogen-bond acceptors (Lipinski definition) is 5. The summed E-state index contributed by atoms with van der Waals surface area (Å²) < 4.78 is 86.1. The zero-order chi connectivity index (χ0) is 39.4. The van der Waals surface area contributed by atoms with E-state index in [0.29, 0.717) is 22.3 Å². The topological polar surface area (TPSA) is 51.8 Å². The van der Waals surface area contributed by atoms with Crippen molar-refractivity contribution in [2.45, 2.75) is 0 Å². The summed E-state index contributed by atoms with van der Waals surface area (Å²) in [7, 11) is 0. The highest BCUT2D eigenvalue weighted by Gasteiger charge is 2.19. The van der Waals surface area contributed by atoms with Gasteiger partial charge in [0.05, 0.1) is 12.3 Å². The van der Waals surface area contributed by atoms with Gasteiger partial charge < -0.3 is 4.42 Å². The number of nitrogens with zero attached hydrogens (tertiary/aromatic N) is 3. The fourth-order valence-electron chi connectivity index (χ4n) is 6.29. The van der Waals surface area contributed by atoms with Crippen molar-refractivity contribution in [3.8, 4) is 45.3 Å². The molecule has 0 unspecified atom stereocenters. The molecule has 0 amide bonds. The molecule has 10 aromatic rings. The quantitative estimate of drug-likeness (QED) is 0.192. The molecule has 0 atom stereocenters. The normalized spacial score (nSPS) is 14.4. The number of hydrogen-bond donors (Lipinski definition) is 0. The van der Waals surface area contributed by atoms with Crippen LogP contribution in [0.2, 0.25) is 0 Å².